The highest BCUT2D eigenvalue weighted by molar-refractivity contribution is 5.76. The molecule has 0 rings (SSSR count). The summed E-state index contributed by atoms with van der Waals surface area (Å²) in [6.07, 6.45) is 0.769. The summed E-state index contributed by atoms with van der Waals surface area (Å²) >= 11 is 0. The molecule has 5 nitrogen and oxygen atoms in total. The summed E-state index contributed by atoms with van der Waals surface area (Å²) in [5, 5.41) is 11.3. The predicted octanol–water partition coefficient (Wildman–Crippen LogP) is 0.782. The van der Waals surface area contributed by atoms with E-state index in [9.17, 15) is 9.59 Å². The van der Waals surface area contributed by atoms with Crippen LogP contribution in [0.5, 0.6) is 0 Å². The van der Waals surface area contributed by atoms with Gasteiger partial charge in [0.15, 0.2) is 0 Å². The average Bonchev–Trinajstić information content (AvgIpc) is 2.11. The Balaban J connectivity index is 3.90. The van der Waals surface area contributed by atoms with E-state index >= 15 is 0 Å². The van der Waals surface area contributed by atoms with E-state index in [0.717, 1.165) is 0 Å². The summed E-state index contributed by atoms with van der Waals surface area (Å²) in [5.74, 6) is -0.971. The second-order valence-corrected chi connectivity index (χ2v) is 4.07. The van der Waals surface area contributed by atoms with Crippen molar-refractivity contribution in [1.29, 1.82) is 0 Å². The molecule has 0 aromatic heterocycles. The summed E-state index contributed by atoms with van der Waals surface area (Å²) in [7, 11) is 1.53. The summed E-state index contributed by atoms with van der Waals surface area (Å²) < 4.78 is 4.77. The number of aliphatic carboxylic acids is 1. The normalized spacial score (nSPS) is 11.1. The quantitative estimate of drug-likeness (QED) is 0.661. The monoisotopic (exact) mass is 217 g/mol. The fourth-order valence-electron chi connectivity index (χ4n) is 1.12. The SMILES string of the molecule is COCCC(=O)NC(C)(C)CCC(=O)O. The van der Waals surface area contributed by atoms with Crippen LogP contribution in [0.15, 0.2) is 0 Å². The van der Waals surface area contributed by atoms with E-state index in [-0.39, 0.29) is 12.3 Å². The predicted molar refractivity (Wildman–Crippen MR) is 55.6 cm³/mol. The van der Waals surface area contributed by atoms with Gasteiger partial charge in [0, 0.05) is 25.5 Å². The van der Waals surface area contributed by atoms with Crippen molar-refractivity contribution in [3.05, 3.63) is 0 Å². The molecule has 2 N–H and O–H groups in total. The molecule has 0 saturated carbocycles. The number of nitrogens with one attached hydrogen (secondary N) is 1. The number of ether oxygens (including phenoxy) is 1. The van der Waals surface area contributed by atoms with Gasteiger partial charge < -0.3 is 15.2 Å². The highest BCUT2D eigenvalue weighted by atomic mass is 16.5. The lowest BCUT2D eigenvalue weighted by Crippen LogP contribution is -2.44. The number of hydrogen-bond donors (Lipinski definition) is 2. The standard InChI is InChI=1S/C10H19NO4/c1-10(2,6-4-9(13)14)11-8(12)5-7-15-3/h4-7H2,1-3H3,(H,11,12)(H,13,14). The van der Waals surface area contributed by atoms with Crippen molar-refractivity contribution in [3.8, 4) is 0 Å². The zero-order valence-electron chi connectivity index (χ0n) is 9.50. The molecule has 0 aliphatic rings. The molecule has 0 saturated heterocycles. The van der Waals surface area contributed by atoms with Crippen molar-refractivity contribution < 1.29 is 19.4 Å². The van der Waals surface area contributed by atoms with Crippen molar-refractivity contribution in [2.75, 3.05) is 13.7 Å². The van der Waals surface area contributed by atoms with Gasteiger partial charge in [0.2, 0.25) is 5.91 Å². The van der Waals surface area contributed by atoms with Crippen LogP contribution in [-0.4, -0.2) is 36.2 Å². The first-order valence-electron chi connectivity index (χ1n) is 4.89. The maximum atomic E-state index is 11.3. The van der Waals surface area contributed by atoms with E-state index in [0.29, 0.717) is 19.4 Å². The summed E-state index contributed by atoms with van der Waals surface area (Å²) in [4.78, 5) is 21.7. The number of rotatable bonds is 7. The van der Waals surface area contributed by atoms with Crippen LogP contribution in [0, 0.1) is 0 Å². The number of carboxylic acids is 1. The molecule has 0 spiro atoms. The second-order valence-electron chi connectivity index (χ2n) is 4.07. The first-order chi connectivity index (χ1) is 6.87. The van der Waals surface area contributed by atoms with Crippen molar-refractivity contribution in [3.63, 3.8) is 0 Å². The van der Waals surface area contributed by atoms with Crippen molar-refractivity contribution in [1.82, 2.24) is 5.32 Å². The van der Waals surface area contributed by atoms with E-state index < -0.39 is 11.5 Å². The lowest BCUT2D eigenvalue weighted by atomic mass is 9.98. The number of methoxy groups -OCH3 is 1. The summed E-state index contributed by atoms with van der Waals surface area (Å²) in [5.41, 5.74) is -0.483. The van der Waals surface area contributed by atoms with Gasteiger partial charge in [-0.05, 0) is 20.3 Å². The largest absolute Gasteiger partial charge is 0.481 e. The number of hydrogen-bond acceptors (Lipinski definition) is 3. The van der Waals surface area contributed by atoms with E-state index in [1.54, 1.807) is 13.8 Å². The number of carbonyl (C=O) groups is 2. The maximum absolute atomic E-state index is 11.3. The maximum Gasteiger partial charge on any atom is 0.303 e. The van der Waals surface area contributed by atoms with E-state index in [4.69, 9.17) is 9.84 Å². The van der Waals surface area contributed by atoms with Crippen LogP contribution in [0.1, 0.15) is 33.1 Å². The van der Waals surface area contributed by atoms with Crippen molar-refractivity contribution >= 4 is 11.9 Å². The zero-order chi connectivity index (χ0) is 11.9. The number of carboxylic acid groups (broad SMARTS) is 1. The second kappa shape index (κ2) is 6.40. The Morgan fingerprint density at radius 2 is 1.93 bits per heavy atom. The third-order valence-electron chi connectivity index (χ3n) is 1.97. The minimum absolute atomic E-state index is 0.0531. The van der Waals surface area contributed by atoms with Gasteiger partial charge in [-0.15, -0.1) is 0 Å². The number of carbonyl (C=O) groups excluding carboxylic acids is 1. The Bertz CT molecular complexity index is 225. The van der Waals surface area contributed by atoms with Gasteiger partial charge in [-0.25, -0.2) is 0 Å². The van der Waals surface area contributed by atoms with Crippen LogP contribution in [-0.2, 0) is 14.3 Å². The van der Waals surface area contributed by atoms with Gasteiger partial charge in [0.05, 0.1) is 6.61 Å². The third kappa shape index (κ3) is 7.93. The molecule has 0 heterocycles. The topological polar surface area (TPSA) is 75.6 Å². The summed E-state index contributed by atoms with van der Waals surface area (Å²) in [6.45, 7) is 3.99. The molecule has 88 valence electrons. The van der Waals surface area contributed by atoms with E-state index in [2.05, 4.69) is 5.32 Å². The molecule has 0 atom stereocenters. The highest BCUT2D eigenvalue weighted by Gasteiger charge is 2.20. The van der Waals surface area contributed by atoms with Crippen LogP contribution in [0.2, 0.25) is 0 Å². The fraction of sp³-hybridized carbons (Fsp3) is 0.800. The Morgan fingerprint density at radius 3 is 2.40 bits per heavy atom. The van der Waals surface area contributed by atoms with Gasteiger partial charge in [0.1, 0.15) is 0 Å². The van der Waals surface area contributed by atoms with Crippen LogP contribution in [0.3, 0.4) is 0 Å². The van der Waals surface area contributed by atoms with Gasteiger partial charge >= 0.3 is 5.97 Å². The third-order valence-corrected chi connectivity index (χ3v) is 1.97. The molecule has 0 radical (unpaired) electrons. The lowest BCUT2D eigenvalue weighted by Gasteiger charge is -2.25. The van der Waals surface area contributed by atoms with Gasteiger partial charge in [-0.1, -0.05) is 0 Å². The minimum Gasteiger partial charge on any atom is -0.481 e. The average molecular weight is 217 g/mol. The molecule has 1 amide bonds. The van der Waals surface area contributed by atoms with Crippen LogP contribution in [0.4, 0.5) is 0 Å². The Morgan fingerprint density at radius 1 is 1.33 bits per heavy atom. The van der Waals surface area contributed by atoms with Crippen LogP contribution < -0.4 is 5.32 Å². The Labute approximate surface area is 89.8 Å². The Hall–Kier alpha value is -1.10. The lowest BCUT2D eigenvalue weighted by molar-refractivity contribution is -0.137. The summed E-state index contributed by atoms with van der Waals surface area (Å²) in [6, 6.07) is 0. The molecule has 0 aromatic rings. The highest BCUT2D eigenvalue weighted by Crippen LogP contribution is 2.11. The number of amides is 1. The van der Waals surface area contributed by atoms with Gasteiger partial charge in [-0.3, -0.25) is 9.59 Å². The molecule has 0 unspecified atom stereocenters. The smallest absolute Gasteiger partial charge is 0.303 e. The van der Waals surface area contributed by atoms with E-state index in [1.807, 2.05) is 0 Å². The molecule has 0 aliphatic carbocycles. The van der Waals surface area contributed by atoms with E-state index in [1.165, 1.54) is 7.11 Å². The first kappa shape index (κ1) is 13.9. The fourth-order valence-corrected chi connectivity index (χ4v) is 1.12. The zero-order valence-corrected chi connectivity index (χ0v) is 9.50. The molecule has 0 aromatic carbocycles. The molecule has 15 heavy (non-hydrogen) atoms. The minimum atomic E-state index is -0.853. The van der Waals surface area contributed by atoms with Crippen molar-refractivity contribution in [2.45, 2.75) is 38.6 Å². The van der Waals surface area contributed by atoms with Crippen molar-refractivity contribution in [2.24, 2.45) is 0 Å². The van der Waals surface area contributed by atoms with Gasteiger partial charge in [-0.2, -0.15) is 0 Å². The molecule has 0 fully saturated rings. The first-order valence-corrected chi connectivity index (χ1v) is 4.89. The molecule has 5 heteroatoms. The molecular formula is C10H19NO4. The molecule has 0 aliphatic heterocycles. The van der Waals surface area contributed by atoms with Crippen LogP contribution in [0.25, 0.3) is 0 Å². The van der Waals surface area contributed by atoms with Crippen LogP contribution >= 0.6 is 0 Å². The molecule has 0 bridgehead atoms. The Kier molecular flexibility index (Phi) is 5.93. The molecular weight excluding hydrogens is 198 g/mol. The van der Waals surface area contributed by atoms with Gasteiger partial charge in [0.25, 0.3) is 0 Å².